The van der Waals surface area contributed by atoms with E-state index in [4.69, 9.17) is 5.11 Å². The van der Waals surface area contributed by atoms with E-state index in [0.717, 1.165) is 39.6 Å². The summed E-state index contributed by atoms with van der Waals surface area (Å²) < 4.78 is 40.6. The molecule has 1 aromatic carbocycles. The van der Waals surface area contributed by atoms with Crippen LogP contribution in [0.5, 0.6) is 0 Å². The van der Waals surface area contributed by atoms with Crippen molar-refractivity contribution in [2.45, 2.75) is 51.3 Å². The molecule has 190 valence electrons. The maximum Gasteiger partial charge on any atom is 0.401 e. The highest BCUT2D eigenvalue weighted by Gasteiger charge is 2.53. The Morgan fingerprint density at radius 2 is 1.89 bits per heavy atom. The molecule has 2 heterocycles. The van der Waals surface area contributed by atoms with Gasteiger partial charge in [-0.3, -0.25) is 4.79 Å². The number of anilines is 1. The standard InChI is InChI=1S/C25H29F3N2O4S/c1-16(2)5-3-7-21(31)17-8-10-18(11-9-17)30-23(32)20(25(26,27)28)15-29(30)14-4-6-19-12-13-22(35-19)24(33)34/h8-13,20-21,31H,1,3-7,14-15H2,2H3,(H,33,34). The van der Waals surface area contributed by atoms with Crippen molar-refractivity contribution in [1.29, 1.82) is 0 Å². The lowest BCUT2D eigenvalue weighted by Gasteiger charge is -2.28. The number of carbonyl (C=O) groups is 2. The molecule has 0 aliphatic carbocycles. The molecular formula is C25H29F3N2O4S. The van der Waals surface area contributed by atoms with Gasteiger partial charge in [0.2, 0.25) is 0 Å². The van der Waals surface area contributed by atoms with Gasteiger partial charge in [0.1, 0.15) is 10.8 Å². The van der Waals surface area contributed by atoms with Crippen molar-refractivity contribution >= 4 is 28.9 Å². The van der Waals surface area contributed by atoms with E-state index in [1.807, 2.05) is 6.92 Å². The van der Waals surface area contributed by atoms with Gasteiger partial charge in [0.05, 0.1) is 11.8 Å². The Bertz CT molecular complexity index is 1050. The van der Waals surface area contributed by atoms with Crippen molar-refractivity contribution < 1.29 is 33.0 Å². The first-order valence-corrected chi connectivity index (χ1v) is 12.2. The fraction of sp³-hybridized carbons (Fsp3) is 0.440. The van der Waals surface area contributed by atoms with Gasteiger partial charge in [0.15, 0.2) is 0 Å². The van der Waals surface area contributed by atoms with Crippen LogP contribution < -0.4 is 5.01 Å². The number of carbonyl (C=O) groups excluding carboxylic acids is 1. The van der Waals surface area contributed by atoms with Crippen molar-refractivity contribution in [3.63, 3.8) is 0 Å². The molecular weight excluding hydrogens is 481 g/mol. The fourth-order valence-corrected chi connectivity index (χ4v) is 4.94. The van der Waals surface area contributed by atoms with Gasteiger partial charge in [-0.05, 0) is 68.9 Å². The van der Waals surface area contributed by atoms with Crippen LogP contribution in [-0.2, 0) is 11.2 Å². The van der Waals surface area contributed by atoms with Crippen LogP contribution in [0.25, 0.3) is 0 Å². The largest absolute Gasteiger partial charge is 0.477 e. The van der Waals surface area contributed by atoms with Crippen molar-refractivity contribution in [2.24, 2.45) is 5.92 Å². The van der Waals surface area contributed by atoms with Crippen LogP contribution in [-0.4, -0.2) is 46.4 Å². The third-order valence-corrected chi connectivity index (χ3v) is 7.03. The average Bonchev–Trinajstić information content (AvgIpc) is 3.38. The predicted molar refractivity (Wildman–Crippen MR) is 128 cm³/mol. The molecule has 2 atom stereocenters. The van der Waals surface area contributed by atoms with E-state index in [-0.39, 0.29) is 11.4 Å². The normalized spacial score (nSPS) is 17.7. The minimum Gasteiger partial charge on any atom is -0.477 e. The smallest absolute Gasteiger partial charge is 0.401 e. The predicted octanol–water partition coefficient (Wildman–Crippen LogP) is 5.60. The van der Waals surface area contributed by atoms with Crippen LogP contribution in [0.15, 0.2) is 48.6 Å². The lowest BCUT2D eigenvalue weighted by Crippen LogP contribution is -2.40. The Morgan fingerprint density at radius 1 is 1.20 bits per heavy atom. The number of aryl methyl sites for hydroxylation is 1. The molecule has 0 radical (unpaired) electrons. The fourth-order valence-electron chi connectivity index (χ4n) is 4.05. The second kappa shape index (κ2) is 11.4. The number of nitrogens with zero attached hydrogens (tertiary/aromatic N) is 2. The number of allylic oxidation sites excluding steroid dienone is 1. The highest BCUT2D eigenvalue weighted by atomic mass is 32.1. The van der Waals surface area contributed by atoms with Crippen LogP contribution in [0, 0.1) is 5.92 Å². The number of halogens is 3. The third-order valence-electron chi connectivity index (χ3n) is 5.89. The van der Waals surface area contributed by atoms with Crippen LogP contribution in [0.2, 0.25) is 0 Å². The van der Waals surface area contributed by atoms with E-state index in [0.29, 0.717) is 30.5 Å². The van der Waals surface area contributed by atoms with E-state index in [1.165, 1.54) is 11.1 Å². The van der Waals surface area contributed by atoms with Gasteiger partial charge in [-0.15, -0.1) is 17.9 Å². The molecule has 0 bridgehead atoms. The first-order valence-electron chi connectivity index (χ1n) is 11.4. The second-order valence-corrected chi connectivity index (χ2v) is 9.96. The zero-order chi connectivity index (χ0) is 25.8. The number of amides is 1. The quantitative estimate of drug-likeness (QED) is 0.385. The molecule has 1 amide bonds. The molecule has 1 aliphatic rings. The molecule has 35 heavy (non-hydrogen) atoms. The number of alkyl halides is 3. The molecule has 3 rings (SSSR count). The van der Waals surface area contributed by atoms with Crippen LogP contribution in [0.3, 0.4) is 0 Å². The number of aliphatic hydroxyl groups is 1. The summed E-state index contributed by atoms with van der Waals surface area (Å²) >= 11 is 1.13. The highest BCUT2D eigenvalue weighted by molar-refractivity contribution is 7.13. The van der Waals surface area contributed by atoms with E-state index < -0.39 is 36.6 Å². The number of hydrazine groups is 1. The Kier molecular flexibility index (Phi) is 8.74. The van der Waals surface area contributed by atoms with E-state index in [9.17, 15) is 27.9 Å². The number of hydrogen-bond acceptors (Lipinski definition) is 5. The first kappa shape index (κ1) is 26.9. The monoisotopic (exact) mass is 510 g/mol. The van der Waals surface area contributed by atoms with Gasteiger partial charge >= 0.3 is 12.1 Å². The lowest BCUT2D eigenvalue weighted by molar-refractivity contribution is -0.175. The lowest BCUT2D eigenvalue weighted by atomic mass is 10.0. The Hall–Kier alpha value is -2.69. The number of carboxylic acids is 1. The van der Waals surface area contributed by atoms with Crippen molar-refractivity contribution in [1.82, 2.24) is 5.01 Å². The molecule has 1 fully saturated rings. The number of aliphatic hydroxyl groups excluding tert-OH is 1. The second-order valence-electron chi connectivity index (χ2n) is 8.79. The minimum absolute atomic E-state index is 0.198. The zero-order valence-corrected chi connectivity index (χ0v) is 20.2. The summed E-state index contributed by atoms with van der Waals surface area (Å²) in [6, 6.07) is 9.57. The molecule has 0 saturated carbocycles. The molecule has 1 aromatic heterocycles. The van der Waals surface area contributed by atoms with E-state index in [1.54, 1.807) is 30.3 Å². The number of benzene rings is 1. The van der Waals surface area contributed by atoms with Gasteiger partial charge in [-0.25, -0.2) is 14.8 Å². The van der Waals surface area contributed by atoms with Gasteiger partial charge in [-0.2, -0.15) is 13.2 Å². The van der Waals surface area contributed by atoms with E-state index in [2.05, 4.69) is 6.58 Å². The first-order chi connectivity index (χ1) is 16.5. The minimum atomic E-state index is -4.66. The summed E-state index contributed by atoms with van der Waals surface area (Å²) in [6.45, 7) is 5.48. The highest BCUT2D eigenvalue weighted by Crippen LogP contribution is 2.36. The maximum atomic E-state index is 13.5. The summed E-state index contributed by atoms with van der Waals surface area (Å²) in [4.78, 5) is 24.8. The Morgan fingerprint density at radius 3 is 2.46 bits per heavy atom. The molecule has 6 nitrogen and oxygen atoms in total. The van der Waals surface area contributed by atoms with Crippen molar-refractivity contribution in [3.05, 3.63) is 63.9 Å². The maximum absolute atomic E-state index is 13.5. The third kappa shape index (κ3) is 6.93. The van der Waals surface area contributed by atoms with Crippen LogP contribution >= 0.6 is 11.3 Å². The Labute approximate surface area is 206 Å². The number of carboxylic acid groups (broad SMARTS) is 1. The number of thiophene rings is 1. The molecule has 0 spiro atoms. The Balaban J connectivity index is 1.70. The van der Waals surface area contributed by atoms with Gasteiger partial charge < -0.3 is 10.2 Å². The summed E-state index contributed by atoms with van der Waals surface area (Å²) in [5.41, 5.74) is 1.97. The van der Waals surface area contributed by atoms with Gasteiger partial charge in [0, 0.05) is 18.0 Å². The molecule has 2 aromatic rings. The number of rotatable bonds is 11. The van der Waals surface area contributed by atoms with Crippen LogP contribution in [0.4, 0.5) is 18.9 Å². The molecule has 1 saturated heterocycles. The number of aromatic carboxylic acids is 1. The van der Waals surface area contributed by atoms with Crippen LogP contribution in [0.1, 0.15) is 58.8 Å². The van der Waals surface area contributed by atoms with Crippen molar-refractivity contribution in [2.75, 3.05) is 18.1 Å². The molecule has 10 heteroatoms. The zero-order valence-electron chi connectivity index (χ0n) is 19.4. The number of hydrogen-bond donors (Lipinski definition) is 2. The topological polar surface area (TPSA) is 81.1 Å². The summed E-state index contributed by atoms with van der Waals surface area (Å²) in [5, 5.41) is 21.9. The summed E-state index contributed by atoms with van der Waals surface area (Å²) in [5.74, 6) is -4.17. The average molecular weight is 511 g/mol. The molecule has 2 unspecified atom stereocenters. The van der Waals surface area contributed by atoms with E-state index >= 15 is 0 Å². The van der Waals surface area contributed by atoms with Gasteiger partial charge in [-0.1, -0.05) is 17.7 Å². The summed E-state index contributed by atoms with van der Waals surface area (Å²) in [6.07, 6.45) is -2.33. The summed E-state index contributed by atoms with van der Waals surface area (Å²) in [7, 11) is 0. The van der Waals surface area contributed by atoms with Gasteiger partial charge in [0.25, 0.3) is 5.91 Å². The van der Waals surface area contributed by atoms with Crippen molar-refractivity contribution in [3.8, 4) is 0 Å². The molecule has 1 aliphatic heterocycles. The molecule has 2 N–H and O–H groups in total. The SMILES string of the molecule is C=C(C)CCCC(O)c1ccc(N2C(=O)C(C(F)(F)F)CN2CCCc2ccc(C(=O)O)s2)cc1.